The van der Waals surface area contributed by atoms with Crippen LogP contribution in [0.2, 0.25) is 0 Å². The highest BCUT2D eigenvalue weighted by atomic mass is 32.2. The third-order valence-corrected chi connectivity index (χ3v) is 6.33. The second-order valence-electron chi connectivity index (χ2n) is 6.41. The van der Waals surface area contributed by atoms with E-state index in [1.807, 2.05) is 31.2 Å². The maximum Gasteiger partial charge on any atom is 0.234 e. The summed E-state index contributed by atoms with van der Waals surface area (Å²) in [6.07, 6.45) is 2.42. The number of hydrogen-bond acceptors (Lipinski definition) is 5. The van der Waals surface area contributed by atoms with Crippen molar-refractivity contribution >= 4 is 39.3 Å². The molecular formula is C17H25N3O4S2. The van der Waals surface area contributed by atoms with Crippen LogP contribution in [-0.2, 0) is 19.6 Å². The summed E-state index contributed by atoms with van der Waals surface area (Å²) in [5, 5.41) is 5.70. The number of sulfonamides is 1. The minimum atomic E-state index is -3.16. The Labute approximate surface area is 159 Å². The molecule has 0 atom stereocenters. The van der Waals surface area contributed by atoms with E-state index in [4.69, 9.17) is 0 Å². The van der Waals surface area contributed by atoms with Gasteiger partial charge in [0.1, 0.15) is 0 Å². The average Bonchev–Trinajstić information content (AvgIpc) is 2.56. The van der Waals surface area contributed by atoms with Crippen LogP contribution in [0.15, 0.2) is 24.3 Å². The van der Waals surface area contributed by atoms with Crippen molar-refractivity contribution in [2.24, 2.45) is 0 Å². The predicted octanol–water partition coefficient (Wildman–Crippen LogP) is 1.21. The zero-order valence-electron chi connectivity index (χ0n) is 15.0. The molecule has 1 aromatic rings. The first kappa shape index (κ1) is 20.7. The molecule has 7 nitrogen and oxygen atoms in total. The van der Waals surface area contributed by atoms with E-state index in [1.165, 1.54) is 22.3 Å². The predicted molar refractivity (Wildman–Crippen MR) is 105 cm³/mol. The minimum Gasteiger partial charge on any atom is -0.353 e. The maximum atomic E-state index is 12.0. The number of benzene rings is 1. The molecule has 0 unspecified atom stereocenters. The summed E-state index contributed by atoms with van der Waals surface area (Å²) in [4.78, 5) is 23.8. The number of nitrogens with zero attached hydrogens (tertiary/aromatic N) is 1. The van der Waals surface area contributed by atoms with Crippen LogP contribution in [-0.4, -0.2) is 61.4 Å². The monoisotopic (exact) mass is 399 g/mol. The van der Waals surface area contributed by atoms with Gasteiger partial charge in [-0.2, -0.15) is 0 Å². The van der Waals surface area contributed by atoms with E-state index in [-0.39, 0.29) is 29.4 Å². The summed E-state index contributed by atoms with van der Waals surface area (Å²) in [5.41, 5.74) is 1.86. The van der Waals surface area contributed by atoms with Gasteiger partial charge < -0.3 is 10.6 Å². The maximum absolute atomic E-state index is 12.0. The minimum absolute atomic E-state index is 0.0116. The molecule has 1 fully saturated rings. The van der Waals surface area contributed by atoms with Gasteiger partial charge in [0.05, 0.1) is 17.8 Å². The number of piperidine rings is 1. The number of nitrogens with one attached hydrogen (secondary N) is 2. The smallest absolute Gasteiger partial charge is 0.234 e. The first-order chi connectivity index (χ1) is 12.2. The molecule has 2 amide bonds. The highest BCUT2D eigenvalue weighted by Gasteiger charge is 2.25. The molecule has 2 rings (SSSR count). The van der Waals surface area contributed by atoms with Crippen LogP contribution in [0.25, 0.3) is 0 Å². The van der Waals surface area contributed by atoms with Crippen LogP contribution in [0.4, 0.5) is 5.69 Å². The standard InChI is InChI=1S/C17H25N3O4S2/c1-13-3-5-14(6-4-13)18-16(21)11-25-12-17(22)19-15-7-9-20(10-8-15)26(2,23)24/h3-6,15H,7-12H2,1-2H3,(H,18,21)(H,19,22). The Balaban J connectivity index is 1.63. The first-order valence-corrected chi connectivity index (χ1v) is 11.4. The van der Waals surface area contributed by atoms with E-state index >= 15 is 0 Å². The second kappa shape index (κ2) is 9.38. The number of anilines is 1. The number of amides is 2. The quantitative estimate of drug-likeness (QED) is 0.718. The molecule has 26 heavy (non-hydrogen) atoms. The first-order valence-electron chi connectivity index (χ1n) is 8.43. The van der Waals surface area contributed by atoms with Gasteiger partial charge in [0.25, 0.3) is 0 Å². The topological polar surface area (TPSA) is 95.6 Å². The number of rotatable bonds is 7. The van der Waals surface area contributed by atoms with Gasteiger partial charge >= 0.3 is 0 Å². The second-order valence-corrected chi connectivity index (χ2v) is 9.38. The highest BCUT2D eigenvalue weighted by molar-refractivity contribution is 8.00. The van der Waals surface area contributed by atoms with Crippen molar-refractivity contribution in [1.29, 1.82) is 0 Å². The molecule has 1 heterocycles. The van der Waals surface area contributed by atoms with Crippen molar-refractivity contribution in [1.82, 2.24) is 9.62 Å². The molecular weight excluding hydrogens is 374 g/mol. The average molecular weight is 400 g/mol. The van der Waals surface area contributed by atoms with Crippen LogP contribution in [0, 0.1) is 6.92 Å². The molecule has 144 valence electrons. The summed E-state index contributed by atoms with van der Waals surface area (Å²) in [7, 11) is -3.16. The van der Waals surface area contributed by atoms with Crippen LogP contribution in [0.5, 0.6) is 0 Å². The van der Waals surface area contributed by atoms with Crippen LogP contribution in [0.1, 0.15) is 18.4 Å². The Bertz CT molecular complexity index is 727. The van der Waals surface area contributed by atoms with E-state index in [0.717, 1.165) is 11.3 Å². The van der Waals surface area contributed by atoms with Gasteiger partial charge in [-0.25, -0.2) is 12.7 Å². The number of carbonyl (C=O) groups is 2. The zero-order chi connectivity index (χ0) is 19.2. The Morgan fingerprint density at radius 2 is 1.69 bits per heavy atom. The Morgan fingerprint density at radius 1 is 1.12 bits per heavy atom. The Hall–Kier alpha value is -1.58. The summed E-state index contributed by atoms with van der Waals surface area (Å²) < 4.78 is 24.4. The number of carbonyl (C=O) groups excluding carboxylic acids is 2. The van der Waals surface area contributed by atoms with Crippen LogP contribution in [0.3, 0.4) is 0 Å². The van der Waals surface area contributed by atoms with Crippen molar-refractivity contribution in [3.05, 3.63) is 29.8 Å². The summed E-state index contributed by atoms with van der Waals surface area (Å²) in [6, 6.07) is 7.51. The molecule has 0 saturated carbocycles. The lowest BCUT2D eigenvalue weighted by molar-refractivity contribution is -0.119. The van der Waals surface area contributed by atoms with E-state index in [9.17, 15) is 18.0 Å². The molecule has 1 aliphatic rings. The fourth-order valence-corrected chi connectivity index (χ4v) is 4.17. The van der Waals surface area contributed by atoms with Gasteiger partial charge in [0, 0.05) is 24.8 Å². The van der Waals surface area contributed by atoms with Crippen molar-refractivity contribution in [2.75, 3.05) is 36.2 Å². The van der Waals surface area contributed by atoms with E-state index in [1.54, 1.807) is 0 Å². The van der Waals surface area contributed by atoms with Gasteiger partial charge in [-0.1, -0.05) is 17.7 Å². The molecule has 0 radical (unpaired) electrons. The van der Waals surface area contributed by atoms with E-state index in [2.05, 4.69) is 10.6 Å². The van der Waals surface area contributed by atoms with Gasteiger partial charge in [0.15, 0.2) is 0 Å². The van der Waals surface area contributed by atoms with Gasteiger partial charge in [-0.3, -0.25) is 9.59 Å². The van der Waals surface area contributed by atoms with Gasteiger partial charge in [-0.05, 0) is 31.9 Å². The fraction of sp³-hybridized carbons (Fsp3) is 0.529. The zero-order valence-corrected chi connectivity index (χ0v) is 16.7. The summed E-state index contributed by atoms with van der Waals surface area (Å²) >= 11 is 1.25. The number of aryl methyl sites for hydroxylation is 1. The van der Waals surface area contributed by atoms with E-state index in [0.29, 0.717) is 25.9 Å². The Morgan fingerprint density at radius 3 is 2.27 bits per heavy atom. The molecule has 1 aromatic carbocycles. The lowest BCUT2D eigenvalue weighted by Gasteiger charge is -2.30. The summed E-state index contributed by atoms with van der Waals surface area (Å²) in [6.45, 7) is 2.83. The van der Waals surface area contributed by atoms with Crippen molar-refractivity contribution in [3.8, 4) is 0 Å². The van der Waals surface area contributed by atoms with Crippen molar-refractivity contribution < 1.29 is 18.0 Å². The fourth-order valence-electron chi connectivity index (χ4n) is 2.67. The molecule has 1 aliphatic heterocycles. The molecule has 1 saturated heterocycles. The third kappa shape index (κ3) is 6.97. The van der Waals surface area contributed by atoms with Crippen LogP contribution >= 0.6 is 11.8 Å². The number of hydrogen-bond donors (Lipinski definition) is 2. The van der Waals surface area contributed by atoms with Gasteiger partial charge in [-0.15, -0.1) is 11.8 Å². The molecule has 9 heteroatoms. The molecule has 0 aliphatic carbocycles. The van der Waals surface area contributed by atoms with Crippen molar-refractivity contribution in [3.63, 3.8) is 0 Å². The summed E-state index contributed by atoms with van der Waals surface area (Å²) in [5.74, 6) is 0.130. The largest absolute Gasteiger partial charge is 0.353 e. The Kier molecular flexibility index (Phi) is 7.48. The normalized spacial score (nSPS) is 16.2. The third-order valence-electron chi connectivity index (χ3n) is 4.09. The highest BCUT2D eigenvalue weighted by Crippen LogP contribution is 2.14. The van der Waals surface area contributed by atoms with Crippen molar-refractivity contribution in [2.45, 2.75) is 25.8 Å². The molecule has 0 aromatic heterocycles. The molecule has 0 spiro atoms. The van der Waals surface area contributed by atoms with Crippen LogP contribution < -0.4 is 10.6 Å². The lowest BCUT2D eigenvalue weighted by Crippen LogP contribution is -2.46. The molecule has 2 N–H and O–H groups in total. The van der Waals surface area contributed by atoms with E-state index < -0.39 is 10.0 Å². The molecule has 0 bridgehead atoms. The van der Waals surface area contributed by atoms with Gasteiger partial charge in [0.2, 0.25) is 21.8 Å². The lowest BCUT2D eigenvalue weighted by atomic mass is 10.1. The number of thioether (sulfide) groups is 1. The SMILES string of the molecule is Cc1ccc(NC(=O)CSCC(=O)NC2CCN(S(C)(=O)=O)CC2)cc1.